The summed E-state index contributed by atoms with van der Waals surface area (Å²) in [6.07, 6.45) is 0.525. The van der Waals surface area contributed by atoms with E-state index in [0.29, 0.717) is 12.1 Å². The van der Waals surface area contributed by atoms with Crippen molar-refractivity contribution in [3.63, 3.8) is 0 Å². The van der Waals surface area contributed by atoms with E-state index >= 15 is 0 Å². The first-order chi connectivity index (χ1) is 5.90. The average Bonchev–Trinajstić information content (AvgIpc) is 1.96. The molecule has 0 aromatic heterocycles. The van der Waals surface area contributed by atoms with Crippen LogP contribution in [0, 0.1) is 0 Å². The maximum absolute atomic E-state index is 11.4. The Bertz CT molecular complexity index is 208. The lowest BCUT2D eigenvalue weighted by molar-refractivity contribution is -0.127. The summed E-state index contributed by atoms with van der Waals surface area (Å²) in [6, 6.07) is 0. The van der Waals surface area contributed by atoms with E-state index in [1.807, 2.05) is 26.6 Å². The van der Waals surface area contributed by atoms with Crippen molar-refractivity contribution < 1.29 is 14.1 Å². The number of carbonyl (C=O) groups is 1. The highest BCUT2D eigenvalue weighted by atomic mass is 28.4. The van der Waals surface area contributed by atoms with Crippen molar-refractivity contribution >= 4 is 20.0 Å². The first-order valence-corrected chi connectivity index (χ1v) is 7.65. The van der Waals surface area contributed by atoms with E-state index in [1.54, 1.807) is 0 Å². The van der Waals surface area contributed by atoms with Crippen molar-refractivity contribution in [2.75, 3.05) is 7.11 Å². The monoisotopic (exact) mass is 203 g/mol. The van der Waals surface area contributed by atoms with Gasteiger partial charge >= 0.3 is 5.97 Å². The minimum absolute atomic E-state index is 0.338. The van der Waals surface area contributed by atoms with Gasteiger partial charge in [-0.3, -0.25) is 0 Å². The SMILES string of the molecule is CC/C(=N/OC)C(=O)O[Si](C)(C)C. The second-order valence-corrected chi connectivity index (χ2v) is 8.00. The molecule has 4 nitrogen and oxygen atoms in total. The summed E-state index contributed by atoms with van der Waals surface area (Å²) < 4.78 is 5.23. The Morgan fingerprint density at radius 3 is 2.23 bits per heavy atom. The second kappa shape index (κ2) is 5.01. The molecule has 0 aromatic carbocycles. The maximum Gasteiger partial charge on any atom is 0.342 e. The number of rotatable bonds is 4. The van der Waals surface area contributed by atoms with Crippen LogP contribution in [0.1, 0.15) is 13.3 Å². The molecule has 0 spiro atoms. The lowest BCUT2D eigenvalue weighted by atomic mass is 10.3. The van der Waals surface area contributed by atoms with Crippen LogP contribution in [0.15, 0.2) is 5.16 Å². The number of oxime groups is 1. The van der Waals surface area contributed by atoms with Crippen LogP contribution in [0.4, 0.5) is 0 Å². The Balaban J connectivity index is 4.32. The van der Waals surface area contributed by atoms with E-state index in [0.717, 1.165) is 0 Å². The molecule has 0 rings (SSSR count). The van der Waals surface area contributed by atoms with Gasteiger partial charge in [0, 0.05) is 0 Å². The van der Waals surface area contributed by atoms with Crippen LogP contribution in [0.3, 0.4) is 0 Å². The topological polar surface area (TPSA) is 47.9 Å². The van der Waals surface area contributed by atoms with Crippen molar-refractivity contribution in [1.82, 2.24) is 0 Å². The van der Waals surface area contributed by atoms with Gasteiger partial charge in [-0.1, -0.05) is 12.1 Å². The number of hydrogen-bond acceptors (Lipinski definition) is 4. The summed E-state index contributed by atoms with van der Waals surface area (Å²) in [4.78, 5) is 15.9. The molecule has 0 fully saturated rings. The summed E-state index contributed by atoms with van der Waals surface area (Å²) >= 11 is 0. The van der Waals surface area contributed by atoms with Crippen LogP contribution >= 0.6 is 0 Å². The zero-order chi connectivity index (χ0) is 10.5. The molecule has 0 aliphatic rings. The van der Waals surface area contributed by atoms with E-state index in [2.05, 4.69) is 9.99 Å². The lowest BCUT2D eigenvalue weighted by Crippen LogP contribution is -2.32. The Morgan fingerprint density at radius 1 is 1.38 bits per heavy atom. The fourth-order valence-corrected chi connectivity index (χ4v) is 1.37. The quantitative estimate of drug-likeness (QED) is 0.397. The van der Waals surface area contributed by atoms with Crippen LogP contribution < -0.4 is 0 Å². The molecule has 0 N–H and O–H groups in total. The normalized spacial score (nSPS) is 12.5. The first kappa shape index (κ1) is 12.2. The molecule has 0 saturated heterocycles. The maximum atomic E-state index is 11.4. The molecular formula is C8H17NO3Si. The third-order valence-corrected chi connectivity index (χ3v) is 1.97. The van der Waals surface area contributed by atoms with Gasteiger partial charge in [-0.15, -0.1) is 0 Å². The zero-order valence-corrected chi connectivity index (χ0v) is 9.88. The van der Waals surface area contributed by atoms with E-state index in [4.69, 9.17) is 4.43 Å². The Kier molecular flexibility index (Phi) is 4.69. The molecule has 0 radical (unpaired) electrons. The molecule has 0 bridgehead atoms. The van der Waals surface area contributed by atoms with Crippen molar-refractivity contribution in [1.29, 1.82) is 0 Å². The number of nitrogens with zero attached hydrogens (tertiary/aromatic N) is 1. The second-order valence-electron chi connectivity index (χ2n) is 3.58. The van der Waals surface area contributed by atoms with Crippen molar-refractivity contribution in [2.24, 2.45) is 5.16 Å². The third-order valence-electron chi connectivity index (χ3n) is 1.17. The van der Waals surface area contributed by atoms with Gasteiger partial charge in [0.05, 0.1) is 0 Å². The van der Waals surface area contributed by atoms with Gasteiger partial charge in [-0.25, -0.2) is 4.79 Å². The smallest absolute Gasteiger partial charge is 0.342 e. The third kappa shape index (κ3) is 5.40. The zero-order valence-electron chi connectivity index (χ0n) is 8.88. The molecule has 0 aliphatic heterocycles. The minimum Gasteiger partial charge on any atom is -0.515 e. The van der Waals surface area contributed by atoms with Gasteiger partial charge in [0.25, 0.3) is 0 Å². The largest absolute Gasteiger partial charge is 0.515 e. The van der Waals surface area contributed by atoms with Gasteiger partial charge in [-0.05, 0) is 26.1 Å². The standard InChI is InChI=1S/C8H17NO3Si/c1-6-7(9-11-2)8(10)12-13(3,4)5/h6H2,1-5H3/b9-7-. The molecule has 0 aliphatic carbocycles. The molecule has 76 valence electrons. The molecular weight excluding hydrogens is 186 g/mol. The predicted molar refractivity (Wildman–Crippen MR) is 54.2 cm³/mol. The van der Waals surface area contributed by atoms with E-state index in [1.165, 1.54) is 7.11 Å². The Morgan fingerprint density at radius 2 is 1.92 bits per heavy atom. The van der Waals surface area contributed by atoms with E-state index < -0.39 is 8.32 Å². The van der Waals surface area contributed by atoms with Crippen molar-refractivity contribution in [3.05, 3.63) is 0 Å². The van der Waals surface area contributed by atoms with Gasteiger partial charge in [0.1, 0.15) is 7.11 Å². The number of hydrogen-bond donors (Lipinski definition) is 0. The Hall–Kier alpha value is -0.843. The highest BCUT2D eigenvalue weighted by Crippen LogP contribution is 2.04. The summed E-state index contributed by atoms with van der Waals surface area (Å²) in [5.41, 5.74) is 0.338. The summed E-state index contributed by atoms with van der Waals surface area (Å²) in [7, 11) is -0.400. The van der Waals surface area contributed by atoms with Crippen LogP contribution in [-0.2, 0) is 14.1 Å². The molecule has 0 heterocycles. The summed E-state index contributed by atoms with van der Waals surface area (Å²) in [5, 5.41) is 3.59. The van der Waals surface area contributed by atoms with Gasteiger partial charge in [0.15, 0.2) is 5.71 Å². The van der Waals surface area contributed by atoms with E-state index in [-0.39, 0.29) is 5.97 Å². The molecule has 0 amide bonds. The van der Waals surface area contributed by atoms with E-state index in [9.17, 15) is 4.79 Å². The van der Waals surface area contributed by atoms with Crippen LogP contribution in [0.5, 0.6) is 0 Å². The minimum atomic E-state index is -1.81. The van der Waals surface area contributed by atoms with Gasteiger partial charge < -0.3 is 9.26 Å². The molecule has 5 heteroatoms. The highest BCUT2D eigenvalue weighted by molar-refractivity contribution is 6.72. The van der Waals surface area contributed by atoms with Crippen molar-refractivity contribution in [2.45, 2.75) is 33.0 Å². The predicted octanol–water partition coefficient (Wildman–Crippen LogP) is 1.78. The van der Waals surface area contributed by atoms with Gasteiger partial charge in [0.2, 0.25) is 8.32 Å². The molecule has 0 saturated carbocycles. The molecule has 13 heavy (non-hydrogen) atoms. The van der Waals surface area contributed by atoms with Crippen LogP contribution in [0.25, 0.3) is 0 Å². The summed E-state index contributed by atoms with van der Waals surface area (Å²) in [5.74, 6) is -0.358. The summed E-state index contributed by atoms with van der Waals surface area (Å²) in [6.45, 7) is 7.68. The fourth-order valence-electron chi connectivity index (χ4n) is 0.693. The van der Waals surface area contributed by atoms with Crippen LogP contribution in [0.2, 0.25) is 19.6 Å². The molecule has 0 atom stereocenters. The fraction of sp³-hybridized carbons (Fsp3) is 0.750. The lowest BCUT2D eigenvalue weighted by Gasteiger charge is -2.17. The van der Waals surface area contributed by atoms with Gasteiger partial charge in [-0.2, -0.15) is 0 Å². The first-order valence-electron chi connectivity index (χ1n) is 4.24. The van der Waals surface area contributed by atoms with Crippen molar-refractivity contribution in [3.8, 4) is 0 Å². The number of carbonyl (C=O) groups excluding carboxylic acids is 1. The molecule has 0 aromatic rings. The average molecular weight is 203 g/mol. The Labute approximate surface area is 80.0 Å². The highest BCUT2D eigenvalue weighted by Gasteiger charge is 2.22. The van der Waals surface area contributed by atoms with Crippen LogP contribution in [-0.4, -0.2) is 27.1 Å². The molecule has 0 unspecified atom stereocenters.